The summed E-state index contributed by atoms with van der Waals surface area (Å²) in [5.74, 6) is 1.63. The average Bonchev–Trinajstić information content (AvgIpc) is 2.44. The van der Waals surface area contributed by atoms with E-state index in [1.54, 1.807) is 0 Å². The molecular weight excluding hydrogens is 332 g/mol. The minimum Gasteiger partial charge on any atom is -0.465 e. The van der Waals surface area contributed by atoms with Crippen LogP contribution in [-0.4, -0.2) is 12.6 Å². The fourth-order valence-corrected chi connectivity index (χ4v) is 2.94. The Hall–Kier alpha value is -2.01. The molecule has 5 heteroatoms. The van der Waals surface area contributed by atoms with Crippen molar-refractivity contribution in [1.82, 2.24) is 0 Å². The molecule has 0 fully saturated rings. The summed E-state index contributed by atoms with van der Waals surface area (Å²) in [5.41, 5.74) is 8.57. The number of aryl methyl sites for hydroxylation is 1. The van der Waals surface area contributed by atoms with Crippen LogP contribution in [0.1, 0.15) is 22.6 Å². The van der Waals surface area contributed by atoms with Crippen molar-refractivity contribution in [3.05, 3.63) is 57.6 Å². The first-order valence-electron chi connectivity index (χ1n) is 6.59. The van der Waals surface area contributed by atoms with Crippen LogP contribution in [0.15, 0.2) is 40.9 Å². The molecule has 1 aliphatic rings. The molecule has 0 amide bonds. The zero-order valence-electron chi connectivity index (χ0n) is 11.5. The number of fused-ring (bicyclic) bond motifs is 2. The molecule has 0 aromatic heterocycles. The molecule has 108 valence electrons. The van der Waals surface area contributed by atoms with Crippen LogP contribution >= 0.6 is 15.9 Å². The van der Waals surface area contributed by atoms with Gasteiger partial charge in [-0.3, -0.25) is 5.41 Å². The summed E-state index contributed by atoms with van der Waals surface area (Å²) in [7, 11) is 0. The Labute approximate surface area is 131 Å². The van der Waals surface area contributed by atoms with Crippen molar-refractivity contribution in [3.63, 3.8) is 0 Å². The Morgan fingerprint density at radius 1 is 1.24 bits per heavy atom. The van der Waals surface area contributed by atoms with E-state index in [0.29, 0.717) is 6.61 Å². The van der Waals surface area contributed by atoms with Crippen molar-refractivity contribution in [2.45, 2.75) is 12.8 Å². The quantitative estimate of drug-likeness (QED) is 0.639. The second kappa shape index (κ2) is 5.41. The first-order valence-corrected chi connectivity index (χ1v) is 7.38. The van der Waals surface area contributed by atoms with Gasteiger partial charge in [-0.15, -0.1) is 0 Å². The third-order valence-electron chi connectivity index (χ3n) is 3.51. The highest BCUT2D eigenvalue weighted by Crippen LogP contribution is 2.45. The minimum atomic E-state index is -0.271. The molecule has 21 heavy (non-hydrogen) atoms. The van der Waals surface area contributed by atoms with Crippen molar-refractivity contribution in [1.29, 1.82) is 5.41 Å². The van der Waals surface area contributed by atoms with Crippen molar-refractivity contribution < 1.29 is 9.47 Å². The average molecular weight is 347 g/mol. The first kappa shape index (κ1) is 13.9. The Morgan fingerprint density at radius 3 is 2.62 bits per heavy atom. The van der Waals surface area contributed by atoms with Gasteiger partial charge in [0.2, 0.25) is 0 Å². The molecule has 0 saturated carbocycles. The monoisotopic (exact) mass is 346 g/mol. The maximum absolute atomic E-state index is 7.28. The highest BCUT2D eigenvalue weighted by Gasteiger charge is 2.28. The van der Waals surface area contributed by atoms with E-state index in [1.807, 2.05) is 37.3 Å². The van der Waals surface area contributed by atoms with Crippen molar-refractivity contribution in [3.8, 4) is 11.5 Å². The topological polar surface area (TPSA) is 68.3 Å². The Kier molecular flexibility index (Phi) is 3.59. The molecule has 0 unspecified atom stereocenters. The summed E-state index contributed by atoms with van der Waals surface area (Å²) >= 11 is 3.49. The number of rotatable bonds is 2. The molecule has 2 aromatic rings. The van der Waals surface area contributed by atoms with Crippen LogP contribution in [0.3, 0.4) is 0 Å². The number of hydrogen-bond donors (Lipinski definition) is 2. The predicted molar refractivity (Wildman–Crippen MR) is 85.1 cm³/mol. The van der Waals surface area contributed by atoms with Gasteiger partial charge in [0.1, 0.15) is 18.1 Å². The molecule has 4 nitrogen and oxygen atoms in total. The molecule has 3 rings (SSSR count). The predicted octanol–water partition coefficient (Wildman–Crippen LogP) is 3.91. The fourth-order valence-electron chi connectivity index (χ4n) is 2.56. The number of hydrogen-bond acceptors (Lipinski definition) is 3. The lowest BCUT2D eigenvalue weighted by Crippen LogP contribution is -2.21. The Morgan fingerprint density at radius 2 is 1.90 bits per heavy atom. The van der Waals surface area contributed by atoms with Crippen molar-refractivity contribution >= 4 is 22.0 Å². The van der Waals surface area contributed by atoms with E-state index >= 15 is 0 Å². The lowest BCUT2D eigenvalue weighted by atomic mass is 9.88. The van der Waals surface area contributed by atoms with Crippen LogP contribution in [0.4, 0.5) is 0 Å². The second-order valence-electron chi connectivity index (χ2n) is 5.05. The number of nitrogens with two attached hydrogens (primary N) is 1. The normalized spacial score (nSPS) is 15.6. The summed E-state index contributed by atoms with van der Waals surface area (Å²) in [6.07, 6.45) is 0. The van der Waals surface area contributed by atoms with Gasteiger partial charge in [-0.05, 0) is 31.2 Å². The van der Waals surface area contributed by atoms with E-state index in [4.69, 9.17) is 20.6 Å². The van der Waals surface area contributed by atoms with Gasteiger partial charge in [0.05, 0.1) is 5.92 Å². The second-order valence-corrected chi connectivity index (χ2v) is 5.97. The maximum Gasteiger partial charge on any atom is 0.279 e. The number of amidine groups is 1. The van der Waals surface area contributed by atoms with E-state index in [9.17, 15) is 0 Å². The van der Waals surface area contributed by atoms with Gasteiger partial charge in [0.15, 0.2) is 0 Å². The zero-order valence-corrected chi connectivity index (χ0v) is 13.1. The molecule has 1 heterocycles. The van der Waals surface area contributed by atoms with Gasteiger partial charge in [-0.25, -0.2) is 0 Å². The van der Waals surface area contributed by atoms with Crippen LogP contribution in [-0.2, 0) is 4.74 Å². The molecule has 3 N–H and O–H groups in total. The summed E-state index contributed by atoms with van der Waals surface area (Å²) in [6, 6.07) is 11.7. The Bertz CT molecular complexity index is 664. The van der Waals surface area contributed by atoms with E-state index in [1.165, 1.54) is 0 Å². The zero-order chi connectivity index (χ0) is 15.0. The molecule has 1 aliphatic heterocycles. The Balaban J connectivity index is 2.09. The van der Waals surface area contributed by atoms with Crippen LogP contribution in [0.2, 0.25) is 0 Å². The highest BCUT2D eigenvalue weighted by molar-refractivity contribution is 9.10. The van der Waals surface area contributed by atoms with Crippen LogP contribution in [0.5, 0.6) is 11.5 Å². The fraction of sp³-hybridized carbons (Fsp3) is 0.188. The summed E-state index contributed by atoms with van der Waals surface area (Å²) in [6.45, 7) is 2.36. The van der Waals surface area contributed by atoms with Gasteiger partial charge in [-0.2, -0.15) is 0 Å². The van der Waals surface area contributed by atoms with Crippen molar-refractivity contribution in [2.75, 3.05) is 6.61 Å². The number of halogens is 1. The lowest BCUT2D eigenvalue weighted by Gasteiger charge is -2.28. The SMILES string of the molecule is Cc1ccc2c(c1)[C@@H](COC(=N)N)c1cc(Br)ccc1O2. The van der Waals surface area contributed by atoms with Gasteiger partial charge < -0.3 is 15.2 Å². The summed E-state index contributed by atoms with van der Waals surface area (Å²) in [4.78, 5) is 0. The van der Waals surface area contributed by atoms with Gasteiger partial charge >= 0.3 is 0 Å². The smallest absolute Gasteiger partial charge is 0.279 e. The molecule has 2 aromatic carbocycles. The number of nitrogens with one attached hydrogen (secondary N) is 1. The van der Waals surface area contributed by atoms with Gasteiger partial charge in [0, 0.05) is 15.6 Å². The molecule has 1 atom stereocenters. The maximum atomic E-state index is 7.28. The van der Waals surface area contributed by atoms with E-state index in [2.05, 4.69) is 22.0 Å². The molecular formula is C16H15BrN2O2. The molecule has 0 bridgehead atoms. The largest absolute Gasteiger partial charge is 0.465 e. The van der Waals surface area contributed by atoms with E-state index < -0.39 is 0 Å². The van der Waals surface area contributed by atoms with E-state index in [0.717, 1.165) is 32.7 Å². The summed E-state index contributed by atoms with van der Waals surface area (Å²) in [5, 5.41) is 7.28. The standard InChI is InChI=1S/C16H15BrN2O2/c1-9-2-4-14-11(6-9)13(8-20-16(18)19)12-7-10(17)3-5-15(12)21-14/h2-7,13H,8H2,1H3,(H3,18,19)/t13-/m1/s1. The number of benzene rings is 2. The lowest BCUT2D eigenvalue weighted by molar-refractivity contribution is 0.274. The van der Waals surface area contributed by atoms with Crippen LogP contribution in [0.25, 0.3) is 0 Å². The van der Waals surface area contributed by atoms with E-state index in [-0.39, 0.29) is 11.9 Å². The number of ether oxygens (including phenoxy) is 2. The highest BCUT2D eigenvalue weighted by atomic mass is 79.9. The van der Waals surface area contributed by atoms with Gasteiger partial charge in [-0.1, -0.05) is 33.6 Å². The third-order valence-corrected chi connectivity index (χ3v) is 4.01. The molecule has 0 saturated heterocycles. The first-order chi connectivity index (χ1) is 10.0. The molecule has 0 spiro atoms. The van der Waals surface area contributed by atoms with Crippen LogP contribution < -0.4 is 10.5 Å². The van der Waals surface area contributed by atoms with Crippen molar-refractivity contribution in [2.24, 2.45) is 5.73 Å². The summed E-state index contributed by atoms with van der Waals surface area (Å²) < 4.78 is 12.2. The third kappa shape index (κ3) is 2.74. The molecule has 0 radical (unpaired) electrons. The molecule has 0 aliphatic carbocycles. The minimum absolute atomic E-state index is 0.00921. The van der Waals surface area contributed by atoms with Crippen LogP contribution in [0, 0.1) is 12.3 Å². The van der Waals surface area contributed by atoms with Gasteiger partial charge in [0.25, 0.3) is 6.02 Å².